The van der Waals surface area contributed by atoms with Gasteiger partial charge in [0, 0.05) is 8.59 Å². The fraction of sp³-hybridized carbons (Fsp3) is 0.0833. The van der Waals surface area contributed by atoms with Gasteiger partial charge in [-0.3, -0.25) is 4.79 Å². The highest BCUT2D eigenvalue weighted by Gasteiger charge is 2.34. The van der Waals surface area contributed by atoms with Gasteiger partial charge in [-0.25, -0.2) is 9.69 Å². The zero-order valence-electron chi connectivity index (χ0n) is 17.3. The van der Waals surface area contributed by atoms with Gasteiger partial charge in [-0.05, 0) is 111 Å². The minimum atomic E-state index is -0.521. The Morgan fingerprint density at radius 3 is 2.39 bits per heavy atom. The molecule has 4 rings (SSSR count). The SMILES string of the molecule is COc1cc(/C=C2/NC(=O)N(c3ccc(Cl)cc3)C2=O)cc(I)c1OCc1ccc(I)cc1. The highest BCUT2D eigenvalue weighted by molar-refractivity contribution is 14.1. The van der Waals surface area contributed by atoms with Crippen molar-refractivity contribution in [3.05, 3.63) is 89.7 Å². The van der Waals surface area contributed by atoms with E-state index in [0.717, 1.165) is 17.6 Å². The summed E-state index contributed by atoms with van der Waals surface area (Å²) in [6, 6.07) is 17.7. The van der Waals surface area contributed by atoms with Gasteiger partial charge in [0.15, 0.2) is 11.5 Å². The molecular weight excluding hydrogens is 670 g/mol. The molecule has 9 heteroatoms. The number of nitrogens with one attached hydrogen (secondary N) is 1. The molecule has 0 aliphatic carbocycles. The fourth-order valence-corrected chi connectivity index (χ4v) is 4.49. The van der Waals surface area contributed by atoms with Gasteiger partial charge in [0.2, 0.25) is 0 Å². The molecule has 3 aromatic carbocycles. The lowest BCUT2D eigenvalue weighted by Gasteiger charge is -2.14. The van der Waals surface area contributed by atoms with Crippen molar-refractivity contribution in [2.24, 2.45) is 0 Å². The Bertz CT molecular complexity index is 1240. The summed E-state index contributed by atoms with van der Waals surface area (Å²) >= 11 is 10.3. The third kappa shape index (κ3) is 5.44. The first-order valence-electron chi connectivity index (χ1n) is 9.73. The van der Waals surface area contributed by atoms with Gasteiger partial charge in [0.25, 0.3) is 5.91 Å². The Hall–Kier alpha value is -2.31. The molecule has 3 amide bonds. The summed E-state index contributed by atoms with van der Waals surface area (Å²) in [4.78, 5) is 26.4. The van der Waals surface area contributed by atoms with Gasteiger partial charge >= 0.3 is 6.03 Å². The largest absolute Gasteiger partial charge is 0.493 e. The van der Waals surface area contributed by atoms with Gasteiger partial charge in [0.1, 0.15) is 12.3 Å². The van der Waals surface area contributed by atoms with Gasteiger partial charge in [0.05, 0.1) is 16.4 Å². The lowest BCUT2D eigenvalue weighted by Crippen LogP contribution is -2.30. The minimum Gasteiger partial charge on any atom is -0.493 e. The zero-order chi connectivity index (χ0) is 23.5. The Morgan fingerprint density at radius 1 is 1.03 bits per heavy atom. The molecule has 0 saturated carbocycles. The van der Waals surface area contributed by atoms with E-state index in [-0.39, 0.29) is 5.70 Å². The molecule has 1 saturated heterocycles. The molecule has 0 spiro atoms. The number of rotatable bonds is 6. The molecule has 0 bridgehead atoms. The fourth-order valence-electron chi connectivity index (χ4n) is 3.23. The van der Waals surface area contributed by atoms with Crippen molar-refractivity contribution in [1.29, 1.82) is 0 Å². The van der Waals surface area contributed by atoms with Crippen LogP contribution < -0.4 is 19.7 Å². The molecule has 1 heterocycles. The molecule has 168 valence electrons. The van der Waals surface area contributed by atoms with Crippen molar-refractivity contribution < 1.29 is 19.1 Å². The lowest BCUT2D eigenvalue weighted by atomic mass is 10.1. The summed E-state index contributed by atoms with van der Waals surface area (Å²) in [6.07, 6.45) is 1.61. The van der Waals surface area contributed by atoms with E-state index in [4.69, 9.17) is 21.1 Å². The van der Waals surface area contributed by atoms with Crippen molar-refractivity contribution in [1.82, 2.24) is 5.32 Å². The maximum absolute atomic E-state index is 12.9. The van der Waals surface area contributed by atoms with Crippen LogP contribution in [0.3, 0.4) is 0 Å². The Labute approximate surface area is 223 Å². The third-order valence-corrected chi connectivity index (χ3v) is 6.59. The minimum absolute atomic E-state index is 0.167. The van der Waals surface area contributed by atoms with Crippen LogP contribution in [0.4, 0.5) is 10.5 Å². The van der Waals surface area contributed by atoms with Crippen LogP contribution in [-0.2, 0) is 11.4 Å². The monoisotopic (exact) mass is 686 g/mol. The van der Waals surface area contributed by atoms with E-state index in [1.54, 1.807) is 43.5 Å². The molecule has 0 unspecified atom stereocenters. The Balaban J connectivity index is 1.57. The van der Waals surface area contributed by atoms with Crippen LogP contribution >= 0.6 is 56.8 Å². The molecule has 0 atom stereocenters. The van der Waals surface area contributed by atoms with E-state index in [2.05, 4.69) is 50.5 Å². The number of hydrogen-bond acceptors (Lipinski definition) is 4. The van der Waals surface area contributed by atoms with Crippen LogP contribution in [0.2, 0.25) is 5.02 Å². The normalized spacial score (nSPS) is 14.5. The first-order chi connectivity index (χ1) is 15.9. The predicted molar refractivity (Wildman–Crippen MR) is 145 cm³/mol. The topological polar surface area (TPSA) is 67.9 Å². The van der Waals surface area contributed by atoms with Crippen LogP contribution in [0, 0.1) is 7.14 Å². The van der Waals surface area contributed by atoms with Crippen molar-refractivity contribution in [3.8, 4) is 11.5 Å². The van der Waals surface area contributed by atoms with Crippen molar-refractivity contribution in [3.63, 3.8) is 0 Å². The molecular formula is C24H17ClI2N2O4. The molecule has 33 heavy (non-hydrogen) atoms. The number of carbonyl (C=O) groups is 2. The zero-order valence-corrected chi connectivity index (χ0v) is 22.3. The average Bonchev–Trinajstić information content (AvgIpc) is 3.07. The third-order valence-electron chi connectivity index (χ3n) is 4.82. The van der Waals surface area contributed by atoms with Gasteiger partial charge in [-0.1, -0.05) is 23.7 Å². The van der Waals surface area contributed by atoms with Gasteiger partial charge in [-0.15, -0.1) is 0 Å². The summed E-state index contributed by atoms with van der Waals surface area (Å²) in [7, 11) is 1.56. The smallest absolute Gasteiger partial charge is 0.333 e. The standard InChI is InChI=1S/C24H17ClI2N2O4/c1-32-21-12-15(10-19(27)22(21)33-13-14-2-6-17(26)7-3-14)11-20-23(30)29(24(31)28-20)18-8-4-16(25)5-9-18/h2-12H,13H2,1H3,(H,28,31)/b20-11+. The average molecular weight is 687 g/mol. The summed E-state index contributed by atoms with van der Waals surface area (Å²) in [6.45, 7) is 0.397. The number of ether oxygens (including phenoxy) is 2. The molecule has 0 radical (unpaired) electrons. The maximum atomic E-state index is 12.9. The van der Waals surface area contributed by atoms with Gasteiger partial charge in [-0.2, -0.15) is 0 Å². The Kier molecular flexibility index (Phi) is 7.45. The number of imide groups is 1. The van der Waals surface area contributed by atoms with E-state index in [0.29, 0.717) is 34.4 Å². The van der Waals surface area contributed by atoms with E-state index in [1.807, 2.05) is 30.3 Å². The second-order valence-corrected chi connectivity index (χ2v) is 9.90. The summed E-state index contributed by atoms with van der Waals surface area (Å²) in [5, 5.41) is 3.15. The maximum Gasteiger partial charge on any atom is 0.333 e. The van der Waals surface area contributed by atoms with Crippen LogP contribution in [0.15, 0.2) is 66.4 Å². The number of carbonyl (C=O) groups excluding carboxylic acids is 2. The van der Waals surface area contributed by atoms with E-state index in [1.165, 1.54) is 0 Å². The van der Waals surface area contributed by atoms with Crippen LogP contribution in [0.1, 0.15) is 11.1 Å². The second kappa shape index (κ2) is 10.3. The highest BCUT2D eigenvalue weighted by atomic mass is 127. The van der Waals surface area contributed by atoms with Crippen molar-refractivity contribution in [2.75, 3.05) is 12.0 Å². The molecule has 1 fully saturated rings. The first kappa shape index (κ1) is 23.8. The van der Waals surface area contributed by atoms with Crippen LogP contribution in [0.5, 0.6) is 11.5 Å². The van der Waals surface area contributed by atoms with Crippen LogP contribution in [-0.4, -0.2) is 19.0 Å². The molecule has 6 nitrogen and oxygen atoms in total. The van der Waals surface area contributed by atoms with E-state index < -0.39 is 11.9 Å². The second-order valence-electron chi connectivity index (χ2n) is 7.05. The predicted octanol–water partition coefficient (Wildman–Crippen LogP) is 6.23. The van der Waals surface area contributed by atoms with E-state index >= 15 is 0 Å². The number of amides is 3. The molecule has 3 aromatic rings. The van der Waals surface area contributed by atoms with Crippen LogP contribution in [0.25, 0.3) is 6.08 Å². The number of benzene rings is 3. The summed E-state index contributed by atoms with van der Waals surface area (Å²) < 4.78 is 13.5. The molecule has 0 aromatic heterocycles. The lowest BCUT2D eigenvalue weighted by molar-refractivity contribution is -0.113. The molecule has 1 aliphatic rings. The number of methoxy groups -OCH3 is 1. The van der Waals surface area contributed by atoms with Gasteiger partial charge < -0.3 is 14.8 Å². The number of anilines is 1. The molecule has 1 aliphatic heterocycles. The number of urea groups is 1. The molecule has 1 N–H and O–H groups in total. The number of halogens is 3. The highest BCUT2D eigenvalue weighted by Crippen LogP contribution is 2.35. The Morgan fingerprint density at radius 2 is 1.73 bits per heavy atom. The quantitative estimate of drug-likeness (QED) is 0.190. The first-order valence-corrected chi connectivity index (χ1v) is 12.3. The summed E-state index contributed by atoms with van der Waals surface area (Å²) in [5.41, 5.74) is 2.35. The van der Waals surface area contributed by atoms with Crippen molar-refractivity contribution in [2.45, 2.75) is 6.61 Å². The van der Waals surface area contributed by atoms with Crippen molar-refractivity contribution >= 4 is 80.5 Å². The number of nitrogens with zero attached hydrogens (tertiary/aromatic N) is 1. The summed E-state index contributed by atoms with van der Waals surface area (Å²) in [5.74, 6) is 0.698. The number of hydrogen-bond donors (Lipinski definition) is 1. The van der Waals surface area contributed by atoms with E-state index in [9.17, 15) is 9.59 Å².